The van der Waals surface area contributed by atoms with E-state index in [1.54, 1.807) is 21.6 Å². The van der Waals surface area contributed by atoms with Crippen molar-refractivity contribution in [1.29, 1.82) is 0 Å². The smallest absolute Gasteiger partial charge is 0.258 e. The summed E-state index contributed by atoms with van der Waals surface area (Å²) in [5.41, 5.74) is 4.85. The number of aliphatic hydroxyl groups is 1. The molecule has 3 rings (SSSR count). The average Bonchev–Trinajstić information content (AvgIpc) is 3.19. The first-order valence-electron chi connectivity index (χ1n) is 10.8. The normalized spacial score (nSPS) is 15.3. The SMILES string of the molecule is CNC(=O)c1c(N)n(CCCN2CCCC2=O)c2nc(C#CC(C)(O)COC)ccc2c1=O. The number of rotatable bonds is 7. The molecule has 0 aliphatic carbocycles. The number of pyridine rings is 2. The Kier molecular flexibility index (Phi) is 7.36. The first-order chi connectivity index (χ1) is 15.7. The van der Waals surface area contributed by atoms with Gasteiger partial charge in [-0.2, -0.15) is 0 Å². The van der Waals surface area contributed by atoms with E-state index in [9.17, 15) is 19.5 Å². The summed E-state index contributed by atoms with van der Waals surface area (Å²) in [6.45, 7) is 3.16. The number of amides is 2. The fraction of sp³-hybridized carbons (Fsp3) is 0.478. The number of anilines is 1. The van der Waals surface area contributed by atoms with Gasteiger partial charge in [-0.25, -0.2) is 4.98 Å². The molecule has 10 nitrogen and oxygen atoms in total. The summed E-state index contributed by atoms with van der Waals surface area (Å²) in [6, 6.07) is 3.10. The van der Waals surface area contributed by atoms with E-state index in [1.807, 2.05) is 0 Å². The van der Waals surface area contributed by atoms with Crippen LogP contribution in [0.4, 0.5) is 5.82 Å². The van der Waals surface area contributed by atoms with E-state index in [0.29, 0.717) is 31.6 Å². The van der Waals surface area contributed by atoms with E-state index in [2.05, 4.69) is 22.1 Å². The number of methoxy groups -OCH3 is 1. The second-order valence-electron chi connectivity index (χ2n) is 8.18. The van der Waals surface area contributed by atoms with Gasteiger partial charge in [-0.05, 0) is 37.8 Å². The van der Waals surface area contributed by atoms with Gasteiger partial charge in [-0.3, -0.25) is 14.4 Å². The molecule has 0 saturated carbocycles. The zero-order valence-electron chi connectivity index (χ0n) is 19.1. The summed E-state index contributed by atoms with van der Waals surface area (Å²) < 4.78 is 6.57. The molecule has 1 unspecified atom stereocenters. The maximum Gasteiger partial charge on any atom is 0.258 e. The van der Waals surface area contributed by atoms with Crippen LogP contribution in [0.5, 0.6) is 0 Å². The molecule has 0 spiro atoms. The van der Waals surface area contributed by atoms with Crippen LogP contribution in [0, 0.1) is 11.8 Å². The van der Waals surface area contributed by atoms with Gasteiger partial charge in [0.1, 0.15) is 28.3 Å². The van der Waals surface area contributed by atoms with Crippen molar-refractivity contribution in [1.82, 2.24) is 19.8 Å². The van der Waals surface area contributed by atoms with Crippen molar-refractivity contribution in [2.75, 3.05) is 39.6 Å². The summed E-state index contributed by atoms with van der Waals surface area (Å²) >= 11 is 0. The van der Waals surface area contributed by atoms with Crippen LogP contribution in [0.1, 0.15) is 42.2 Å². The molecule has 0 radical (unpaired) electrons. The molecule has 4 N–H and O–H groups in total. The summed E-state index contributed by atoms with van der Waals surface area (Å²) in [5.74, 6) is 5.05. The van der Waals surface area contributed by atoms with E-state index in [4.69, 9.17) is 10.5 Å². The summed E-state index contributed by atoms with van der Waals surface area (Å²) in [4.78, 5) is 43.6. The van der Waals surface area contributed by atoms with E-state index in [0.717, 1.165) is 13.0 Å². The largest absolute Gasteiger partial charge is 0.384 e. The van der Waals surface area contributed by atoms with Crippen LogP contribution in [0.2, 0.25) is 0 Å². The zero-order chi connectivity index (χ0) is 24.2. The second kappa shape index (κ2) is 10.0. The van der Waals surface area contributed by atoms with E-state index in [1.165, 1.54) is 21.1 Å². The highest BCUT2D eigenvalue weighted by atomic mass is 16.5. The quantitative estimate of drug-likeness (QED) is 0.503. The maximum absolute atomic E-state index is 13.0. The molecular formula is C23H29N5O5. The number of nitrogen functional groups attached to an aromatic ring is 1. The molecule has 1 atom stereocenters. The molecule has 2 aromatic rings. The van der Waals surface area contributed by atoms with Crippen molar-refractivity contribution < 1.29 is 19.4 Å². The fourth-order valence-electron chi connectivity index (χ4n) is 3.85. The molecule has 1 aliphatic rings. The number of nitrogens with one attached hydrogen (secondary N) is 1. The highest BCUT2D eigenvalue weighted by Crippen LogP contribution is 2.19. The molecule has 2 amide bonds. The van der Waals surface area contributed by atoms with Gasteiger partial charge in [0.25, 0.3) is 5.91 Å². The van der Waals surface area contributed by atoms with Crippen LogP contribution in [0.15, 0.2) is 16.9 Å². The summed E-state index contributed by atoms with van der Waals surface area (Å²) in [6.07, 6.45) is 1.97. The Morgan fingerprint density at radius 1 is 1.36 bits per heavy atom. The number of fused-ring (bicyclic) bond motifs is 1. The number of aryl methyl sites for hydroxylation is 1. The predicted molar refractivity (Wildman–Crippen MR) is 124 cm³/mol. The van der Waals surface area contributed by atoms with Gasteiger partial charge >= 0.3 is 0 Å². The van der Waals surface area contributed by atoms with E-state index >= 15 is 0 Å². The number of hydrogen-bond acceptors (Lipinski definition) is 7. The third-order valence-electron chi connectivity index (χ3n) is 5.47. The van der Waals surface area contributed by atoms with Crippen LogP contribution in [0.3, 0.4) is 0 Å². The van der Waals surface area contributed by atoms with Gasteiger partial charge in [0.2, 0.25) is 11.3 Å². The van der Waals surface area contributed by atoms with Gasteiger partial charge in [0.15, 0.2) is 0 Å². The number of aromatic nitrogens is 2. The van der Waals surface area contributed by atoms with Crippen molar-refractivity contribution in [3.63, 3.8) is 0 Å². The van der Waals surface area contributed by atoms with Gasteiger partial charge < -0.3 is 30.4 Å². The van der Waals surface area contributed by atoms with Crippen molar-refractivity contribution in [2.45, 2.75) is 38.3 Å². The Morgan fingerprint density at radius 2 is 2.12 bits per heavy atom. The first-order valence-corrected chi connectivity index (χ1v) is 10.8. The van der Waals surface area contributed by atoms with Gasteiger partial charge in [-0.1, -0.05) is 5.92 Å². The Balaban J connectivity index is 2.05. The Bertz CT molecular complexity index is 1190. The second-order valence-corrected chi connectivity index (χ2v) is 8.18. The molecule has 1 fully saturated rings. The summed E-state index contributed by atoms with van der Waals surface area (Å²) in [5, 5.41) is 12.9. The third kappa shape index (κ3) is 5.32. The number of likely N-dealkylation sites (tertiary alicyclic amines) is 1. The number of hydrogen-bond donors (Lipinski definition) is 3. The lowest BCUT2D eigenvalue weighted by Gasteiger charge is -2.19. The third-order valence-corrected chi connectivity index (χ3v) is 5.47. The highest BCUT2D eigenvalue weighted by Gasteiger charge is 2.23. The lowest BCUT2D eigenvalue weighted by atomic mass is 10.1. The molecular weight excluding hydrogens is 426 g/mol. The first kappa shape index (κ1) is 24.2. The van der Waals surface area contributed by atoms with Crippen LogP contribution in [-0.2, 0) is 16.1 Å². The Hall–Kier alpha value is -3.42. The van der Waals surface area contributed by atoms with Crippen molar-refractivity contribution in [2.24, 2.45) is 0 Å². The fourth-order valence-corrected chi connectivity index (χ4v) is 3.85. The van der Waals surface area contributed by atoms with E-state index < -0.39 is 16.9 Å². The average molecular weight is 456 g/mol. The van der Waals surface area contributed by atoms with Crippen LogP contribution in [-0.4, -0.2) is 70.8 Å². The molecule has 33 heavy (non-hydrogen) atoms. The molecule has 0 aromatic carbocycles. The number of nitrogens with two attached hydrogens (primary N) is 1. The van der Waals surface area contributed by atoms with Gasteiger partial charge in [0.05, 0.1) is 12.0 Å². The molecule has 0 bridgehead atoms. The van der Waals surface area contributed by atoms with Crippen molar-refractivity contribution in [3.05, 3.63) is 33.6 Å². The van der Waals surface area contributed by atoms with Crippen molar-refractivity contribution >= 4 is 28.7 Å². The maximum atomic E-state index is 13.0. The number of ether oxygens (including phenoxy) is 1. The molecule has 3 heterocycles. The lowest BCUT2D eigenvalue weighted by molar-refractivity contribution is -0.127. The standard InChI is InChI=1S/C23H29N5O5/c1-23(32,14-33-3)10-9-15-7-8-16-19(30)18(22(31)25-2)20(24)28(21(16)26-15)13-5-12-27-11-4-6-17(27)29/h7-8,32H,4-6,11-14,24H2,1-3H3,(H,25,31). The van der Waals surface area contributed by atoms with Crippen LogP contribution >= 0.6 is 0 Å². The van der Waals surface area contributed by atoms with Crippen LogP contribution in [0.25, 0.3) is 11.0 Å². The minimum Gasteiger partial charge on any atom is -0.384 e. The molecule has 10 heteroatoms. The monoisotopic (exact) mass is 455 g/mol. The minimum absolute atomic E-state index is 0.00332. The Labute approximate surface area is 191 Å². The highest BCUT2D eigenvalue weighted by molar-refractivity contribution is 6.01. The lowest BCUT2D eigenvalue weighted by Crippen LogP contribution is -2.31. The predicted octanol–water partition coefficient (Wildman–Crippen LogP) is 0.0997. The summed E-state index contributed by atoms with van der Waals surface area (Å²) in [7, 11) is 2.89. The molecule has 1 aliphatic heterocycles. The van der Waals surface area contributed by atoms with Crippen LogP contribution < -0.4 is 16.5 Å². The van der Waals surface area contributed by atoms with Gasteiger partial charge in [0, 0.05) is 40.2 Å². The molecule has 176 valence electrons. The minimum atomic E-state index is -1.37. The molecule has 2 aromatic heterocycles. The van der Waals surface area contributed by atoms with E-state index in [-0.39, 0.29) is 34.9 Å². The molecule has 1 saturated heterocycles. The van der Waals surface area contributed by atoms with Gasteiger partial charge in [-0.15, -0.1) is 0 Å². The number of carbonyl (C=O) groups is 2. The van der Waals surface area contributed by atoms with Crippen molar-refractivity contribution in [3.8, 4) is 11.8 Å². The number of carbonyl (C=O) groups excluding carboxylic acids is 2. The topological polar surface area (TPSA) is 140 Å². The Morgan fingerprint density at radius 3 is 2.76 bits per heavy atom. The number of nitrogens with zero attached hydrogens (tertiary/aromatic N) is 3. The zero-order valence-corrected chi connectivity index (χ0v) is 19.1.